The normalized spacial score (nSPS) is 11.5. The van der Waals surface area contributed by atoms with Crippen LogP contribution < -0.4 is 0 Å². The zero-order valence-corrected chi connectivity index (χ0v) is 10.6. The summed E-state index contributed by atoms with van der Waals surface area (Å²) in [5, 5.41) is 2.28. The van der Waals surface area contributed by atoms with Crippen LogP contribution in [0.1, 0.15) is 18.6 Å². The molecule has 0 spiro atoms. The lowest BCUT2D eigenvalue weighted by Crippen LogP contribution is -2.16. The first kappa shape index (κ1) is 11.0. The van der Waals surface area contributed by atoms with E-state index in [0.717, 1.165) is 21.8 Å². The van der Waals surface area contributed by atoms with Gasteiger partial charge in [-0.2, -0.15) is 0 Å². The molecular formula is C16H15NO. The monoisotopic (exact) mass is 237 g/mol. The van der Waals surface area contributed by atoms with Crippen LogP contribution in [-0.4, -0.2) is 10.5 Å². The maximum absolute atomic E-state index is 12.4. The predicted molar refractivity (Wildman–Crippen MR) is 74.9 cm³/mol. The molecule has 2 nitrogen and oxygen atoms in total. The van der Waals surface area contributed by atoms with Crippen LogP contribution in [0.5, 0.6) is 0 Å². The van der Waals surface area contributed by atoms with Gasteiger partial charge in [0.05, 0.1) is 11.0 Å². The molecule has 2 aromatic carbocycles. The Morgan fingerprint density at radius 1 is 0.889 bits per heavy atom. The first-order chi connectivity index (χ1) is 8.70. The van der Waals surface area contributed by atoms with Gasteiger partial charge in [0, 0.05) is 16.7 Å². The predicted octanol–water partition coefficient (Wildman–Crippen LogP) is 4.09. The highest BCUT2D eigenvalue weighted by atomic mass is 16.2. The highest BCUT2D eigenvalue weighted by molar-refractivity contribution is 6.13. The molecule has 3 rings (SSSR count). The van der Waals surface area contributed by atoms with Crippen LogP contribution in [0.25, 0.3) is 21.8 Å². The van der Waals surface area contributed by atoms with Gasteiger partial charge in [0.25, 0.3) is 0 Å². The number of nitrogens with zero attached hydrogens (tertiary/aromatic N) is 1. The number of aromatic nitrogens is 1. The van der Waals surface area contributed by atoms with E-state index < -0.39 is 0 Å². The fourth-order valence-electron chi connectivity index (χ4n) is 2.42. The van der Waals surface area contributed by atoms with Crippen LogP contribution in [0.15, 0.2) is 48.5 Å². The Balaban J connectivity index is 2.49. The summed E-state index contributed by atoms with van der Waals surface area (Å²) < 4.78 is 1.84. The van der Waals surface area contributed by atoms with Crippen LogP contribution >= 0.6 is 0 Å². The molecule has 0 bridgehead atoms. The average Bonchev–Trinajstić information content (AvgIpc) is 2.72. The zero-order valence-electron chi connectivity index (χ0n) is 10.6. The van der Waals surface area contributed by atoms with Crippen molar-refractivity contribution in [2.24, 2.45) is 5.92 Å². The topological polar surface area (TPSA) is 22.0 Å². The van der Waals surface area contributed by atoms with E-state index in [0.29, 0.717) is 0 Å². The number of hydrogen-bond donors (Lipinski definition) is 0. The molecule has 0 aliphatic heterocycles. The van der Waals surface area contributed by atoms with E-state index in [2.05, 4.69) is 12.1 Å². The summed E-state index contributed by atoms with van der Waals surface area (Å²) in [5.41, 5.74) is 2.00. The van der Waals surface area contributed by atoms with E-state index in [4.69, 9.17) is 0 Å². The van der Waals surface area contributed by atoms with Crippen LogP contribution in [0.4, 0.5) is 0 Å². The lowest BCUT2D eigenvalue weighted by Gasteiger charge is -2.08. The minimum atomic E-state index is -0.00999. The molecule has 0 aliphatic carbocycles. The highest BCUT2D eigenvalue weighted by Gasteiger charge is 2.17. The molecule has 90 valence electrons. The Bertz CT molecular complexity index is 684. The standard InChI is InChI=1S/C16H15NO/c1-11(2)16(18)17-14-9-5-3-7-12(14)13-8-4-6-10-15(13)17/h3-11H,1-2H3. The number of rotatable bonds is 1. The molecule has 0 atom stereocenters. The first-order valence-electron chi connectivity index (χ1n) is 6.22. The van der Waals surface area contributed by atoms with Crippen molar-refractivity contribution in [1.29, 1.82) is 0 Å². The minimum Gasteiger partial charge on any atom is -0.280 e. The summed E-state index contributed by atoms with van der Waals surface area (Å²) in [6.07, 6.45) is 0. The van der Waals surface area contributed by atoms with Gasteiger partial charge in [-0.1, -0.05) is 50.2 Å². The molecule has 1 aromatic heterocycles. The van der Waals surface area contributed by atoms with Crippen molar-refractivity contribution in [3.63, 3.8) is 0 Å². The van der Waals surface area contributed by atoms with Gasteiger partial charge in [0.1, 0.15) is 0 Å². The van der Waals surface area contributed by atoms with Gasteiger partial charge in [0.2, 0.25) is 5.91 Å². The average molecular weight is 237 g/mol. The molecule has 3 aromatic rings. The summed E-state index contributed by atoms with van der Waals surface area (Å²) in [4.78, 5) is 12.4. The van der Waals surface area contributed by atoms with E-state index in [1.807, 2.05) is 54.8 Å². The number of carbonyl (C=O) groups is 1. The highest BCUT2D eigenvalue weighted by Crippen LogP contribution is 2.29. The number of carbonyl (C=O) groups excluding carboxylic acids is 1. The van der Waals surface area contributed by atoms with E-state index in [1.54, 1.807) is 0 Å². The van der Waals surface area contributed by atoms with E-state index in [-0.39, 0.29) is 11.8 Å². The summed E-state index contributed by atoms with van der Waals surface area (Å²) in [7, 11) is 0. The SMILES string of the molecule is CC(C)C(=O)n1c2ccccc2c2ccccc21. The second-order valence-electron chi connectivity index (χ2n) is 4.86. The van der Waals surface area contributed by atoms with E-state index in [9.17, 15) is 4.79 Å². The van der Waals surface area contributed by atoms with Crippen molar-refractivity contribution in [3.8, 4) is 0 Å². The van der Waals surface area contributed by atoms with Crippen LogP contribution in [0.3, 0.4) is 0 Å². The maximum atomic E-state index is 12.4. The van der Waals surface area contributed by atoms with Crippen LogP contribution in [0.2, 0.25) is 0 Å². The van der Waals surface area contributed by atoms with Gasteiger partial charge in [-0.25, -0.2) is 0 Å². The lowest BCUT2D eigenvalue weighted by molar-refractivity contribution is 0.0866. The van der Waals surface area contributed by atoms with Crippen molar-refractivity contribution in [1.82, 2.24) is 4.57 Å². The Morgan fingerprint density at radius 3 is 1.78 bits per heavy atom. The van der Waals surface area contributed by atoms with Crippen LogP contribution in [0, 0.1) is 5.92 Å². The van der Waals surface area contributed by atoms with Gasteiger partial charge in [-0.15, -0.1) is 0 Å². The molecule has 0 N–H and O–H groups in total. The Kier molecular flexibility index (Phi) is 2.44. The summed E-state index contributed by atoms with van der Waals surface area (Å²) >= 11 is 0. The third-order valence-corrected chi connectivity index (χ3v) is 3.29. The number of para-hydroxylation sites is 2. The third-order valence-electron chi connectivity index (χ3n) is 3.29. The van der Waals surface area contributed by atoms with Crippen molar-refractivity contribution >= 4 is 27.7 Å². The molecule has 0 aliphatic rings. The number of benzene rings is 2. The molecule has 18 heavy (non-hydrogen) atoms. The smallest absolute Gasteiger partial charge is 0.234 e. The third kappa shape index (κ3) is 1.46. The molecule has 0 amide bonds. The van der Waals surface area contributed by atoms with Gasteiger partial charge in [0.15, 0.2) is 0 Å². The number of hydrogen-bond acceptors (Lipinski definition) is 1. The first-order valence-corrected chi connectivity index (χ1v) is 6.22. The zero-order chi connectivity index (χ0) is 12.7. The van der Waals surface area contributed by atoms with Crippen molar-refractivity contribution in [3.05, 3.63) is 48.5 Å². The maximum Gasteiger partial charge on any atom is 0.234 e. The van der Waals surface area contributed by atoms with E-state index in [1.165, 1.54) is 0 Å². The Morgan fingerprint density at radius 2 is 1.33 bits per heavy atom. The number of fused-ring (bicyclic) bond motifs is 3. The second kappa shape index (κ2) is 3.98. The fourth-order valence-corrected chi connectivity index (χ4v) is 2.42. The fraction of sp³-hybridized carbons (Fsp3) is 0.188. The molecule has 0 unspecified atom stereocenters. The molecular weight excluding hydrogens is 222 g/mol. The summed E-state index contributed by atoms with van der Waals surface area (Å²) in [6.45, 7) is 3.87. The van der Waals surface area contributed by atoms with Crippen molar-refractivity contribution in [2.45, 2.75) is 13.8 Å². The van der Waals surface area contributed by atoms with Gasteiger partial charge in [-0.3, -0.25) is 9.36 Å². The van der Waals surface area contributed by atoms with Gasteiger partial charge < -0.3 is 0 Å². The van der Waals surface area contributed by atoms with Gasteiger partial charge >= 0.3 is 0 Å². The quantitative estimate of drug-likeness (QED) is 0.624. The molecule has 0 radical (unpaired) electrons. The molecule has 0 saturated carbocycles. The van der Waals surface area contributed by atoms with Crippen molar-refractivity contribution < 1.29 is 4.79 Å². The molecule has 0 saturated heterocycles. The molecule has 0 fully saturated rings. The van der Waals surface area contributed by atoms with Crippen LogP contribution in [-0.2, 0) is 0 Å². The molecule has 2 heteroatoms. The Hall–Kier alpha value is -2.09. The largest absolute Gasteiger partial charge is 0.280 e. The molecule has 1 heterocycles. The summed E-state index contributed by atoms with van der Waals surface area (Å²) in [6, 6.07) is 16.1. The van der Waals surface area contributed by atoms with E-state index >= 15 is 0 Å². The Labute approximate surface area is 106 Å². The van der Waals surface area contributed by atoms with Crippen molar-refractivity contribution in [2.75, 3.05) is 0 Å². The lowest BCUT2D eigenvalue weighted by atomic mass is 10.2. The minimum absolute atomic E-state index is 0.00999. The van der Waals surface area contributed by atoms with Gasteiger partial charge in [-0.05, 0) is 12.1 Å². The second-order valence-corrected chi connectivity index (χ2v) is 4.86. The summed E-state index contributed by atoms with van der Waals surface area (Å²) in [5.74, 6) is 0.136.